The molecule has 35 heavy (non-hydrogen) atoms. The highest BCUT2D eigenvalue weighted by molar-refractivity contribution is 5.98. The number of phenolic OH excluding ortho intramolecular Hbond substituents is 1. The molecule has 0 atom stereocenters. The van der Waals surface area contributed by atoms with Crippen molar-refractivity contribution >= 4 is 16.8 Å². The zero-order chi connectivity index (χ0) is 24.0. The van der Waals surface area contributed by atoms with Crippen molar-refractivity contribution in [2.24, 2.45) is 0 Å². The first-order chi connectivity index (χ1) is 17.2. The third-order valence-electron chi connectivity index (χ3n) is 7.59. The molecule has 2 fully saturated rings. The van der Waals surface area contributed by atoms with Crippen molar-refractivity contribution in [1.82, 2.24) is 4.90 Å². The van der Waals surface area contributed by atoms with Crippen LogP contribution in [-0.4, -0.2) is 53.9 Å². The van der Waals surface area contributed by atoms with Crippen LogP contribution in [0, 0.1) is 0 Å². The summed E-state index contributed by atoms with van der Waals surface area (Å²) in [5.74, 6) is 0.265. The molecule has 3 aromatic carbocycles. The number of allylic oxidation sites excluding steroid dienone is 1. The largest absolute Gasteiger partial charge is 0.508 e. The fraction of sp³-hybridized carbons (Fsp3) is 0.355. The van der Waals surface area contributed by atoms with Crippen LogP contribution in [0.15, 0.2) is 78.9 Å². The predicted molar refractivity (Wildman–Crippen MR) is 145 cm³/mol. The molecule has 5 rings (SSSR count). The number of aliphatic hydroxyl groups is 1. The number of piperazine rings is 1. The van der Waals surface area contributed by atoms with E-state index in [1.807, 2.05) is 18.2 Å². The summed E-state index contributed by atoms with van der Waals surface area (Å²) in [6, 6.07) is 27.7. The van der Waals surface area contributed by atoms with Gasteiger partial charge in [0, 0.05) is 44.5 Å². The fourth-order valence-corrected chi connectivity index (χ4v) is 5.39. The number of aromatic hydroxyl groups is 1. The highest BCUT2D eigenvalue weighted by Crippen LogP contribution is 2.36. The number of anilines is 1. The Balaban J connectivity index is 1.47. The Bertz CT molecular complexity index is 1110. The number of nitrogens with zero attached hydrogens (tertiary/aromatic N) is 2. The van der Waals surface area contributed by atoms with Gasteiger partial charge in [-0.15, -0.1) is 0 Å². The second kappa shape index (κ2) is 11.1. The maximum Gasteiger partial charge on any atom is 0.115 e. The predicted octanol–water partition coefficient (Wildman–Crippen LogP) is 5.80. The van der Waals surface area contributed by atoms with Gasteiger partial charge in [-0.3, -0.25) is 4.90 Å². The van der Waals surface area contributed by atoms with Gasteiger partial charge in [0.25, 0.3) is 0 Å². The van der Waals surface area contributed by atoms with E-state index in [-0.39, 0.29) is 12.4 Å². The highest BCUT2D eigenvalue weighted by atomic mass is 16.3. The first kappa shape index (κ1) is 23.7. The van der Waals surface area contributed by atoms with Crippen LogP contribution in [0.5, 0.6) is 5.75 Å². The van der Waals surface area contributed by atoms with E-state index in [9.17, 15) is 10.2 Å². The van der Waals surface area contributed by atoms with E-state index >= 15 is 0 Å². The zero-order valence-corrected chi connectivity index (χ0v) is 20.4. The van der Waals surface area contributed by atoms with Crippen molar-refractivity contribution in [3.05, 3.63) is 95.6 Å². The molecule has 0 amide bonds. The van der Waals surface area contributed by atoms with Gasteiger partial charge in [-0.25, -0.2) is 0 Å². The molecule has 0 aromatic heterocycles. The molecule has 2 N–H and O–H groups in total. The minimum atomic E-state index is 0.158. The molecule has 0 radical (unpaired) electrons. The third-order valence-corrected chi connectivity index (χ3v) is 7.59. The zero-order valence-electron chi connectivity index (χ0n) is 20.4. The molecule has 0 spiro atoms. The van der Waals surface area contributed by atoms with Gasteiger partial charge in [-0.05, 0) is 77.8 Å². The lowest BCUT2D eigenvalue weighted by Crippen LogP contribution is -2.52. The van der Waals surface area contributed by atoms with Gasteiger partial charge in [-0.2, -0.15) is 0 Å². The molecule has 3 aromatic rings. The van der Waals surface area contributed by atoms with Crippen LogP contribution in [-0.2, 0) is 0 Å². The smallest absolute Gasteiger partial charge is 0.115 e. The molecule has 182 valence electrons. The van der Waals surface area contributed by atoms with Crippen LogP contribution in [0.4, 0.5) is 5.69 Å². The first-order valence-corrected chi connectivity index (χ1v) is 13.0. The van der Waals surface area contributed by atoms with E-state index in [0.29, 0.717) is 6.42 Å². The summed E-state index contributed by atoms with van der Waals surface area (Å²) in [5, 5.41) is 19.5. The Morgan fingerprint density at radius 3 is 1.94 bits per heavy atom. The lowest BCUT2D eigenvalue weighted by atomic mass is 9.87. The second-order valence-corrected chi connectivity index (χ2v) is 9.75. The molecule has 1 heterocycles. The van der Waals surface area contributed by atoms with E-state index in [1.165, 1.54) is 36.1 Å². The standard InChI is InChI=1S/C31H36N2O2/c34-23-5-10-30(24-6-2-1-3-7-24)31(26-13-17-29(35)18-14-26)25-11-15-28(16-12-25)33-21-19-32(20-22-33)27-8-4-9-27/h1-3,6-7,11-18,27,34-35H,4-5,8-10,19-23H2. The summed E-state index contributed by atoms with van der Waals surface area (Å²) in [4.78, 5) is 5.18. The van der Waals surface area contributed by atoms with Crippen molar-refractivity contribution < 1.29 is 10.2 Å². The van der Waals surface area contributed by atoms with Crippen molar-refractivity contribution in [1.29, 1.82) is 0 Å². The van der Waals surface area contributed by atoms with E-state index in [4.69, 9.17) is 0 Å². The van der Waals surface area contributed by atoms with Gasteiger partial charge in [-0.1, -0.05) is 61.0 Å². The topological polar surface area (TPSA) is 46.9 Å². The summed E-state index contributed by atoms with van der Waals surface area (Å²) < 4.78 is 0. The number of hydrogen-bond donors (Lipinski definition) is 2. The number of phenols is 1. The number of rotatable bonds is 8. The normalized spacial score (nSPS) is 17.7. The Kier molecular flexibility index (Phi) is 7.51. The molecule has 0 bridgehead atoms. The molecular weight excluding hydrogens is 432 g/mol. The van der Waals surface area contributed by atoms with Crippen molar-refractivity contribution in [3.8, 4) is 5.75 Å². The molecule has 1 aliphatic heterocycles. The molecule has 1 saturated heterocycles. The van der Waals surface area contributed by atoms with Gasteiger partial charge in [0.2, 0.25) is 0 Å². The van der Waals surface area contributed by atoms with Crippen molar-refractivity contribution in [3.63, 3.8) is 0 Å². The quantitative estimate of drug-likeness (QED) is 0.410. The first-order valence-electron chi connectivity index (χ1n) is 13.0. The second-order valence-electron chi connectivity index (χ2n) is 9.75. The van der Waals surface area contributed by atoms with Crippen molar-refractivity contribution in [2.75, 3.05) is 37.7 Å². The van der Waals surface area contributed by atoms with Crippen molar-refractivity contribution in [2.45, 2.75) is 38.1 Å². The Hall–Kier alpha value is -3.08. The Morgan fingerprint density at radius 1 is 0.743 bits per heavy atom. The summed E-state index contributed by atoms with van der Waals surface area (Å²) in [7, 11) is 0. The van der Waals surface area contributed by atoms with Gasteiger partial charge >= 0.3 is 0 Å². The van der Waals surface area contributed by atoms with E-state index < -0.39 is 0 Å². The van der Waals surface area contributed by atoms with Crippen LogP contribution in [0.3, 0.4) is 0 Å². The van der Waals surface area contributed by atoms with Gasteiger partial charge in [0.15, 0.2) is 0 Å². The lowest BCUT2D eigenvalue weighted by Gasteiger charge is -2.43. The van der Waals surface area contributed by atoms with E-state index in [0.717, 1.165) is 55.3 Å². The summed E-state index contributed by atoms with van der Waals surface area (Å²) in [6.07, 6.45) is 5.63. The maximum absolute atomic E-state index is 9.90. The number of hydrogen-bond acceptors (Lipinski definition) is 4. The molecule has 1 saturated carbocycles. The lowest BCUT2D eigenvalue weighted by molar-refractivity contribution is 0.120. The molecular formula is C31H36N2O2. The third kappa shape index (κ3) is 5.44. The monoisotopic (exact) mass is 468 g/mol. The maximum atomic E-state index is 9.90. The number of benzene rings is 3. The van der Waals surface area contributed by atoms with Crippen LogP contribution in [0.1, 0.15) is 48.8 Å². The summed E-state index contributed by atoms with van der Waals surface area (Å²) >= 11 is 0. The molecule has 2 aliphatic rings. The molecule has 4 nitrogen and oxygen atoms in total. The van der Waals surface area contributed by atoms with Gasteiger partial charge in [0.05, 0.1) is 0 Å². The van der Waals surface area contributed by atoms with Crippen LogP contribution in [0.25, 0.3) is 11.1 Å². The van der Waals surface area contributed by atoms with Crippen LogP contribution >= 0.6 is 0 Å². The minimum Gasteiger partial charge on any atom is -0.508 e. The molecule has 4 heteroatoms. The van der Waals surface area contributed by atoms with Gasteiger partial charge in [0.1, 0.15) is 5.75 Å². The summed E-state index contributed by atoms with van der Waals surface area (Å²) in [5.41, 5.74) is 7.05. The Labute approximate surface area is 209 Å². The summed E-state index contributed by atoms with van der Waals surface area (Å²) in [6.45, 7) is 4.64. The average Bonchev–Trinajstić information content (AvgIpc) is 2.88. The average molecular weight is 469 g/mol. The van der Waals surface area contributed by atoms with E-state index in [2.05, 4.69) is 58.3 Å². The minimum absolute atomic E-state index is 0.158. The fourth-order valence-electron chi connectivity index (χ4n) is 5.39. The SMILES string of the molecule is OCCCC(=C(c1ccc(O)cc1)c1ccc(N2CCN(C3CCC3)CC2)cc1)c1ccccc1. The molecule has 1 aliphatic carbocycles. The Morgan fingerprint density at radius 2 is 1.37 bits per heavy atom. The van der Waals surface area contributed by atoms with Gasteiger partial charge < -0.3 is 15.1 Å². The van der Waals surface area contributed by atoms with E-state index in [1.54, 1.807) is 12.1 Å². The highest BCUT2D eigenvalue weighted by Gasteiger charge is 2.28. The van der Waals surface area contributed by atoms with Crippen LogP contribution < -0.4 is 4.90 Å². The van der Waals surface area contributed by atoms with Crippen LogP contribution in [0.2, 0.25) is 0 Å². The number of aliphatic hydroxyl groups excluding tert-OH is 1. The molecule has 0 unspecified atom stereocenters.